The van der Waals surface area contributed by atoms with Crippen LogP contribution >= 0.6 is 0 Å². The standard InChI is InChI=1S/C17H17N3O/c1-20-10-4-6-15(20)12-18-17(21)11-14-9-8-13-5-2-3-7-16(13)19-14/h2-10H,11-12H2,1H3,(H,18,21). The zero-order chi connectivity index (χ0) is 14.7. The summed E-state index contributed by atoms with van der Waals surface area (Å²) in [4.78, 5) is 16.5. The van der Waals surface area contributed by atoms with Crippen LogP contribution in [0.5, 0.6) is 0 Å². The highest BCUT2D eigenvalue weighted by atomic mass is 16.1. The SMILES string of the molecule is Cn1cccc1CNC(=O)Cc1ccc2ccccc2n1. The number of para-hydroxylation sites is 1. The molecule has 0 aliphatic heterocycles. The van der Waals surface area contributed by atoms with E-state index in [1.165, 1.54) is 0 Å². The fraction of sp³-hybridized carbons (Fsp3) is 0.176. The van der Waals surface area contributed by atoms with Crippen LogP contribution in [0.25, 0.3) is 10.9 Å². The van der Waals surface area contributed by atoms with Gasteiger partial charge in [-0.05, 0) is 24.3 Å². The maximum absolute atomic E-state index is 12.0. The van der Waals surface area contributed by atoms with Crippen LogP contribution in [0, 0.1) is 0 Å². The van der Waals surface area contributed by atoms with Gasteiger partial charge in [-0.15, -0.1) is 0 Å². The number of fused-ring (bicyclic) bond motifs is 1. The van der Waals surface area contributed by atoms with Gasteiger partial charge in [-0.3, -0.25) is 9.78 Å². The highest BCUT2D eigenvalue weighted by Gasteiger charge is 2.06. The molecule has 4 heteroatoms. The predicted molar refractivity (Wildman–Crippen MR) is 82.7 cm³/mol. The zero-order valence-corrected chi connectivity index (χ0v) is 11.9. The van der Waals surface area contributed by atoms with Gasteiger partial charge in [-0.1, -0.05) is 24.3 Å². The van der Waals surface area contributed by atoms with Crippen molar-refractivity contribution in [3.8, 4) is 0 Å². The minimum absolute atomic E-state index is 0.0148. The third-order valence-corrected chi connectivity index (χ3v) is 3.52. The van der Waals surface area contributed by atoms with Crippen LogP contribution < -0.4 is 5.32 Å². The van der Waals surface area contributed by atoms with Gasteiger partial charge in [-0.2, -0.15) is 0 Å². The molecule has 0 aliphatic carbocycles. The van der Waals surface area contributed by atoms with E-state index in [4.69, 9.17) is 0 Å². The van der Waals surface area contributed by atoms with Crippen LogP contribution in [0.2, 0.25) is 0 Å². The lowest BCUT2D eigenvalue weighted by Crippen LogP contribution is -2.25. The monoisotopic (exact) mass is 279 g/mol. The predicted octanol–water partition coefficient (Wildman–Crippen LogP) is 2.43. The van der Waals surface area contributed by atoms with Gasteiger partial charge >= 0.3 is 0 Å². The molecule has 0 fully saturated rings. The van der Waals surface area contributed by atoms with Gasteiger partial charge in [0.25, 0.3) is 0 Å². The molecular formula is C17H17N3O. The van der Waals surface area contributed by atoms with E-state index in [-0.39, 0.29) is 5.91 Å². The number of carbonyl (C=O) groups is 1. The molecule has 0 atom stereocenters. The second-order valence-electron chi connectivity index (χ2n) is 5.06. The fourth-order valence-corrected chi connectivity index (χ4v) is 2.30. The second-order valence-corrected chi connectivity index (χ2v) is 5.06. The molecule has 1 N–H and O–H groups in total. The molecule has 21 heavy (non-hydrogen) atoms. The molecule has 1 amide bonds. The maximum atomic E-state index is 12.0. The lowest BCUT2D eigenvalue weighted by molar-refractivity contribution is -0.120. The first-order chi connectivity index (χ1) is 10.2. The molecule has 3 rings (SSSR count). The zero-order valence-electron chi connectivity index (χ0n) is 11.9. The Kier molecular flexibility index (Phi) is 3.69. The van der Waals surface area contributed by atoms with Gasteiger partial charge in [-0.25, -0.2) is 0 Å². The van der Waals surface area contributed by atoms with E-state index in [9.17, 15) is 4.79 Å². The molecule has 0 saturated heterocycles. The Morgan fingerprint density at radius 2 is 2.00 bits per heavy atom. The summed E-state index contributed by atoms with van der Waals surface area (Å²) in [6, 6.07) is 15.8. The van der Waals surface area contributed by atoms with Crippen LogP contribution in [0.15, 0.2) is 54.7 Å². The van der Waals surface area contributed by atoms with Crippen LogP contribution in [0.1, 0.15) is 11.4 Å². The van der Waals surface area contributed by atoms with Gasteiger partial charge < -0.3 is 9.88 Å². The second kappa shape index (κ2) is 5.79. The Hall–Kier alpha value is -2.62. The smallest absolute Gasteiger partial charge is 0.226 e. The highest BCUT2D eigenvalue weighted by Crippen LogP contribution is 2.12. The number of pyridine rings is 1. The molecule has 2 heterocycles. The summed E-state index contributed by atoms with van der Waals surface area (Å²) >= 11 is 0. The van der Waals surface area contributed by atoms with Crippen LogP contribution in [-0.4, -0.2) is 15.5 Å². The molecule has 2 aromatic heterocycles. The molecule has 0 spiro atoms. The normalized spacial score (nSPS) is 10.7. The molecule has 0 bridgehead atoms. The average molecular weight is 279 g/mol. The largest absolute Gasteiger partial charge is 0.353 e. The molecule has 1 aromatic carbocycles. The summed E-state index contributed by atoms with van der Waals surface area (Å²) in [6.07, 6.45) is 2.27. The van der Waals surface area contributed by atoms with Crippen LogP contribution in [0.4, 0.5) is 0 Å². The van der Waals surface area contributed by atoms with Gasteiger partial charge in [0.2, 0.25) is 5.91 Å². The van der Waals surface area contributed by atoms with Gasteiger partial charge in [0.15, 0.2) is 0 Å². The van der Waals surface area contributed by atoms with Crippen LogP contribution in [0.3, 0.4) is 0 Å². The van der Waals surface area contributed by atoms with E-state index < -0.39 is 0 Å². The van der Waals surface area contributed by atoms with Gasteiger partial charge in [0, 0.05) is 24.3 Å². The summed E-state index contributed by atoms with van der Waals surface area (Å²) in [6.45, 7) is 0.538. The van der Waals surface area contributed by atoms with Crippen molar-refractivity contribution >= 4 is 16.8 Å². The van der Waals surface area contributed by atoms with E-state index in [1.54, 1.807) is 0 Å². The molecule has 3 aromatic rings. The third-order valence-electron chi connectivity index (χ3n) is 3.52. The molecule has 0 saturated carbocycles. The first kappa shape index (κ1) is 13.4. The summed E-state index contributed by atoms with van der Waals surface area (Å²) < 4.78 is 1.99. The van der Waals surface area contributed by atoms with Crippen molar-refractivity contribution < 1.29 is 4.79 Å². The summed E-state index contributed by atoms with van der Waals surface area (Å²) in [7, 11) is 1.96. The van der Waals surface area contributed by atoms with Crippen molar-refractivity contribution in [3.63, 3.8) is 0 Å². The Morgan fingerprint density at radius 3 is 2.81 bits per heavy atom. The number of carbonyl (C=O) groups excluding carboxylic acids is 1. The summed E-state index contributed by atoms with van der Waals surface area (Å²) in [5.74, 6) is -0.0148. The quantitative estimate of drug-likeness (QED) is 0.797. The minimum atomic E-state index is -0.0148. The lowest BCUT2D eigenvalue weighted by atomic mass is 10.2. The number of hydrogen-bond donors (Lipinski definition) is 1. The molecule has 106 valence electrons. The van der Waals surface area contributed by atoms with Crippen molar-refractivity contribution in [2.24, 2.45) is 7.05 Å². The Labute approximate surface area is 123 Å². The highest BCUT2D eigenvalue weighted by molar-refractivity contribution is 5.81. The van der Waals surface area contributed by atoms with Crippen molar-refractivity contribution in [3.05, 3.63) is 66.1 Å². The van der Waals surface area contributed by atoms with E-state index in [0.717, 1.165) is 22.3 Å². The fourth-order valence-electron chi connectivity index (χ4n) is 2.30. The van der Waals surface area contributed by atoms with Crippen LogP contribution in [-0.2, 0) is 24.8 Å². The number of hydrogen-bond acceptors (Lipinski definition) is 2. The average Bonchev–Trinajstić information content (AvgIpc) is 2.90. The van der Waals surface area contributed by atoms with Crippen molar-refractivity contribution in [2.75, 3.05) is 0 Å². The lowest BCUT2D eigenvalue weighted by Gasteiger charge is -2.07. The van der Waals surface area contributed by atoms with Crippen molar-refractivity contribution in [1.29, 1.82) is 0 Å². The Morgan fingerprint density at radius 1 is 1.14 bits per heavy atom. The minimum Gasteiger partial charge on any atom is -0.353 e. The van der Waals surface area contributed by atoms with E-state index >= 15 is 0 Å². The Balaban J connectivity index is 1.64. The number of aromatic nitrogens is 2. The van der Waals surface area contributed by atoms with E-state index in [2.05, 4.69) is 10.3 Å². The number of benzene rings is 1. The van der Waals surface area contributed by atoms with Crippen molar-refractivity contribution in [1.82, 2.24) is 14.9 Å². The molecule has 0 aliphatic rings. The first-order valence-electron chi connectivity index (χ1n) is 6.94. The number of aryl methyl sites for hydroxylation is 1. The number of amides is 1. The molecule has 4 nitrogen and oxygen atoms in total. The third kappa shape index (κ3) is 3.11. The first-order valence-corrected chi connectivity index (χ1v) is 6.94. The number of nitrogens with zero attached hydrogens (tertiary/aromatic N) is 2. The molecule has 0 unspecified atom stereocenters. The topological polar surface area (TPSA) is 46.9 Å². The maximum Gasteiger partial charge on any atom is 0.226 e. The summed E-state index contributed by atoms with van der Waals surface area (Å²) in [5, 5.41) is 4.01. The van der Waals surface area contributed by atoms with Gasteiger partial charge in [0.1, 0.15) is 0 Å². The summed E-state index contributed by atoms with van der Waals surface area (Å²) in [5.41, 5.74) is 2.79. The molecular weight excluding hydrogens is 262 g/mol. The van der Waals surface area contributed by atoms with Gasteiger partial charge in [0.05, 0.1) is 24.2 Å². The molecule has 0 radical (unpaired) electrons. The van der Waals surface area contributed by atoms with E-state index in [1.807, 2.05) is 66.3 Å². The Bertz CT molecular complexity index is 776. The number of nitrogens with one attached hydrogen (secondary N) is 1. The van der Waals surface area contributed by atoms with E-state index in [0.29, 0.717) is 13.0 Å². The van der Waals surface area contributed by atoms with Crippen molar-refractivity contribution in [2.45, 2.75) is 13.0 Å². The number of rotatable bonds is 4.